The normalized spacial score (nSPS) is 10.5. The zero-order valence-corrected chi connectivity index (χ0v) is 12.0. The summed E-state index contributed by atoms with van der Waals surface area (Å²) in [6.45, 7) is 5.91. The van der Waals surface area contributed by atoms with Gasteiger partial charge in [-0.05, 0) is 30.5 Å². The average molecular weight is 265 g/mol. The fourth-order valence-electron chi connectivity index (χ4n) is 1.95. The molecule has 0 radical (unpaired) electrons. The van der Waals surface area contributed by atoms with Crippen molar-refractivity contribution in [2.75, 3.05) is 13.1 Å². The van der Waals surface area contributed by atoms with Crippen LogP contribution >= 0.6 is 0 Å². The van der Waals surface area contributed by atoms with E-state index in [4.69, 9.17) is 0 Å². The Morgan fingerprint density at radius 2 is 1.58 bits per heavy atom. The molecule has 0 heterocycles. The van der Waals surface area contributed by atoms with Crippen LogP contribution in [0.1, 0.15) is 45.1 Å². The van der Waals surface area contributed by atoms with Crippen LogP contribution in [0, 0.1) is 5.82 Å². The fourth-order valence-corrected chi connectivity index (χ4v) is 1.95. The Morgan fingerprint density at radius 1 is 1.05 bits per heavy atom. The van der Waals surface area contributed by atoms with Gasteiger partial charge in [-0.1, -0.05) is 38.8 Å². The van der Waals surface area contributed by atoms with Gasteiger partial charge in [-0.3, -0.25) is 4.79 Å². The van der Waals surface area contributed by atoms with Crippen LogP contribution in [0.5, 0.6) is 0 Å². The van der Waals surface area contributed by atoms with Crippen LogP contribution in [-0.4, -0.2) is 23.9 Å². The maximum atomic E-state index is 12.8. The fraction of sp³-hybridized carbons (Fsp3) is 0.562. The largest absolute Gasteiger partial charge is 0.342 e. The molecule has 19 heavy (non-hydrogen) atoms. The first-order valence-electron chi connectivity index (χ1n) is 7.19. The highest BCUT2D eigenvalue weighted by molar-refractivity contribution is 5.78. The van der Waals surface area contributed by atoms with E-state index in [9.17, 15) is 9.18 Å². The van der Waals surface area contributed by atoms with Crippen molar-refractivity contribution in [3.8, 4) is 0 Å². The van der Waals surface area contributed by atoms with Gasteiger partial charge in [-0.2, -0.15) is 0 Å². The van der Waals surface area contributed by atoms with Crippen LogP contribution in [0.4, 0.5) is 4.39 Å². The Labute approximate surface area is 115 Å². The predicted molar refractivity (Wildman–Crippen MR) is 76.5 cm³/mol. The molecule has 0 aromatic heterocycles. The molecule has 0 aliphatic rings. The number of rotatable bonds is 8. The minimum atomic E-state index is -0.259. The Morgan fingerprint density at radius 3 is 2.05 bits per heavy atom. The second kappa shape index (κ2) is 8.68. The van der Waals surface area contributed by atoms with Crippen LogP contribution in [-0.2, 0) is 11.2 Å². The number of unbranched alkanes of at least 4 members (excludes halogenated alkanes) is 2. The number of carbonyl (C=O) groups excluding carboxylic acids is 1. The summed E-state index contributed by atoms with van der Waals surface area (Å²) in [5.74, 6) is -0.112. The van der Waals surface area contributed by atoms with Gasteiger partial charge in [-0.25, -0.2) is 4.39 Å². The van der Waals surface area contributed by atoms with E-state index in [1.807, 2.05) is 4.90 Å². The number of amides is 1. The Hall–Kier alpha value is -1.38. The van der Waals surface area contributed by atoms with E-state index in [0.717, 1.165) is 44.3 Å². The SMILES string of the molecule is CCCCN(CCCC)C(=O)Cc1ccc(F)cc1. The molecule has 0 unspecified atom stereocenters. The molecule has 3 heteroatoms. The van der Waals surface area contributed by atoms with Gasteiger partial charge < -0.3 is 4.90 Å². The van der Waals surface area contributed by atoms with E-state index in [1.165, 1.54) is 12.1 Å². The summed E-state index contributed by atoms with van der Waals surface area (Å²) in [5, 5.41) is 0. The van der Waals surface area contributed by atoms with Gasteiger partial charge in [0.25, 0.3) is 0 Å². The van der Waals surface area contributed by atoms with Crippen LogP contribution in [0.25, 0.3) is 0 Å². The van der Waals surface area contributed by atoms with Crippen LogP contribution in [0.3, 0.4) is 0 Å². The van der Waals surface area contributed by atoms with E-state index >= 15 is 0 Å². The van der Waals surface area contributed by atoms with Crippen molar-refractivity contribution in [3.05, 3.63) is 35.6 Å². The van der Waals surface area contributed by atoms with Crippen molar-refractivity contribution in [2.24, 2.45) is 0 Å². The Kier molecular flexibility index (Phi) is 7.16. The maximum Gasteiger partial charge on any atom is 0.226 e. The number of carbonyl (C=O) groups is 1. The third-order valence-electron chi connectivity index (χ3n) is 3.18. The molecule has 0 N–H and O–H groups in total. The van der Waals surface area contributed by atoms with Gasteiger partial charge in [0.2, 0.25) is 5.91 Å². The first-order chi connectivity index (χ1) is 9.17. The zero-order chi connectivity index (χ0) is 14.1. The van der Waals surface area contributed by atoms with Crippen LogP contribution < -0.4 is 0 Å². The molecule has 1 aromatic carbocycles. The number of hydrogen-bond acceptors (Lipinski definition) is 1. The Bertz CT molecular complexity index is 367. The third kappa shape index (κ3) is 5.86. The van der Waals surface area contributed by atoms with Crippen LogP contribution in [0.15, 0.2) is 24.3 Å². The highest BCUT2D eigenvalue weighted by atomic mass is 19.1. The smallest absolute Gasteiger partial charge is 0.226 e. The summed E-state index contributed by atoms with van der Waals surface area (Å²) in [6.07, 6.45) is 4.63. The third-order valence-corrected chi connectivity index (χ3v) is 3.18. The lowest BCUT2D eigenvalue weighted by atomic mass is 10.1. The summed E-state index contributed by atoms with van der Waals surface area (Å²) in [6, 6.07) is 6.19. The summed E-state index contributed by atoms with van der Waals surface area (Å²) < 4.78 is 12.8. The van der Waals surface area contributed by atoms with Gasteiger partial charge in [0, 0.05) is 13.1 Å². The number of benzene rings is 1. The van der Waals surface area contributed by atoms with Crippen molar-refractivity contribution in [1.29, 1.82) is 0 Å². The standard InChI is InChI=1S/C16H24FNO/c1-3-5-11-18(12-6-4-2)16(19)13-14-7-9-15(17)10-8-14/h7-10H,3-6,11-13H2,1-2H3. The zero-order valence-electron chi connectivity index (χ0n) is 12.0. The molecule has 1 rings (SSSR count). The summed E-state index contributed by atoms with van der Waals surface area (Å²) in [4.78, 5) is 14.2. The lowest BCUT2D eigenvalue weighted by molar-refractivity contribution is -0.130. The first kappa shape index (κ1) is 15.7. The lowest BCUT2D eigenvalue weighted by Gasteiger charge is -2.22. The molecule has 0 atom stereocenters. The average Bonchev–Trinajstić information content (AvgIpc) is 2.41. The number of hydrogen-bond donors (Lipinski definition) is 0. The van der Waals surface area contributed by atoms with Crippen molar-refractivity contribution in [1.82, 2.24) is 4.90 Å². The molecule has 1 amide bonds. The molecular formula is C16H24FNO. The van der Waals surface area contributed by atoms with E-state index < -0.39 is 0 Å². The van der Waals surface area contributed by atoms with E-state index in [-0.39, 0.29) is 11.7 Å². The molecule has 0 aliphatic carbocycles. The molecule has 0 spiro atoms. The van der Waals surface area contributed by atoms with Gasteiger partial charge >= 0.3 is 0 Å². The molecule has 0 saturated heterocycles. The van der Waals surface area contributed by atoms with Gasteiger partial charge in [0.1, 0.15) is 5.82 Å². The maximum absolute atomic E-state index is 12.8. The van der Waals surface area contributed by atoms with E-state index in [0.29, 0.717) is 6.42 Å². The van der Waals surface area contributed by atoms with Crippen molar-refractivity contribution >= 4 is 5.91 Å². The van der Waals surface area contributed by atoms with E-state index in [2.05, 4.69) is 13.8 Å². The second-order valence-corrected chi connectivity index (χ2v) is 4.89. The minimum absolute atomic E-state index is 0.147. The van der Waals surface area contributed by atoms with Crippen LogP contribution in [0.2, 0.25) is 0 Å². The minimum Gasteiger partial charge on any atom is -0.342 e. The lowest BCUT2D eigenvalue weighted by Crippen LogP contribution is -2.34. The summed E-state index contributed by atoms with van der Waals surface area (Å²) in [5.41, 5.74) is 0.879. The molecule has 0 saturated carbocycles. The molecule has 0 bridgehead atoms. The van der Waals surface area contributed by atoms with Crippen molar-refractivity contribution in [3.63, 3.8) is 0 Å². The second-order valence-electron chi connectivity index (χ2n) is 4.89. The number of nitrogens with zero attached hydrogens (tertiary/aromatic N) is 1. The van der Waals surface area contributed by atoms with E-state index in [1.54, 1.807) is 12.1 Å². The van der Waals surface area contributed by atoms with Gasteiger partial charge in [0.05, 0.1) is 6.42 Å². The molecule has 0 fully saturated rings. The summed E-state index contributed by atoms with van der Waals surface area (Å²) in [7, 11) is 0. The highest BCUT2D eigenvalue weighted by Crippen LogP contribution is 2.07. The topological polar surface area (TPSA) is 20.3 Å². The molecule has 1 aromatic rings. The van der Waals surface area contributed by atoms with Gasteiger partial charge in [-0.15, -0.1) is 0 Å². The highest BCUT2D eigenvalue weighted by Gasteiger charge is 2.12. The Balaban J connectivity index is 2.56. The molecule has 2 nitrogen and oxygen atoms in total. The van der Waals surface area contributed by atoms with Crippen molar-refractivity contribution < 1.29 is 9.18 Å². The van der Waals surface area contributed by atoms with Gasteiger partial charge in [0.15, 0.2) is 0 Å². The van der Waals surface area contributed by atoms with Crippen molar-refractivity contribution in [2.45, 2.75) is 46.0 Å². The predicted octanol–water partition coefficient (Wildman–Crippen LogP) is 3.80. The molecule has 0 aliphatic heterocycles. The molecule has 106 valence electrons. The quantitative estimate of drug-likeness (QED) is 0.700. The first-order valence-corrected chi connectivity index (χ1v) is 7.19. The monoisotopic (exact) mass is 265 g/mol. The molecular weight excluding hydrogens is 241 g/mol. The summed E-state index contributed by atoms with van der Waals surface area (Å²) >= 11 is 0. The number of halogens is 1.